The number of benzene rings is 1. The third-order valence-electron chi connectivity index (χ3n) is 3.48. The zero-order valence-electron chi connectivity index (χ0n) is 12.4. The molecule has 0 spiro atoms. The van der Waals surface area contributed by atoms with Gasteiger partial charge in [-0.05, 0) is 35.9 Å². The summed E-state index contributed by atoms with van der Waals surface area (Å²) in [5.74, 6) is 1.15. The highest BCUT2D eigenvalue weighted by Crippen LogP contribution is 2.30. The molecule has 0 fully saturated rings. The molecule has 24 heavy (non-hydrogen) atoms. The Hall–Kier alpha value is -2.44. The summed E-state index contributed by atoms with van der Waals surface area (Å²) < 4.78 is 5.69. The van der Waals surface area contributed by atoms with Crippen molar-refractivity contribution in [2.24, 2.45) is 0 Å². The molecule has 0 unspecified atom stereocenters. The van der Waals surface area contributed by atoms with Gasteiger partial charge in [0.15, 0.2) is 0 Å². The Morgan fingerprint density at radius 2 is 1.88 bits per heavy atom. The Bertz CT molecular complexity index is 990. The molecule has 0 aliphatic rings. The molecule has 0 radical (unpaired) electrons. The van der Waals surface area contributed by atoms with Gasteiger partial charge < -0.3 is 4.42 Å². The molecule has 1 aromatic carbocycles. The molecule has 0 N–H and O–H groups in total. The van der Waals surface area contributed by atoms with Crippen LogP contribution in [0, 0.1) is 0 Å². The van der Waals surface area contributed by atoms with Crippen molar-refractivity contribution >= 4 is 34.3 Å². The van der Waals surface area contributed by atoms with Crippen molar-refractivity contribution in [3.05, 3.63) is 65.6 Å². The highest BCUT2D eigenvalue weighted by molar-refractivity contribution is 7.98. The fraction of sp³-hybridized carbons (Fsp3) is 0.0588. The normalized spacial score (nSPS) is 11.0. The second-order valence-corrected chi connectivity index (χ2v) is 6.34. The summed E-state index contributed by atoms with van der Waals surface area (Å²) >= 11 is 7.70. The van der Waals surface area contributed by atoms with Crippen molar-refractivity contribution in [1.82, 2.24) is 20.2 Å². The lowest BCUT2D eigenvalue weighted by molar-refractivity contribution is 0.466. The van der Waals surface area contributed by atoms with Gasteiger partial charge in [0.1, 0.15) is 0 Å². The van der Waals surface area contributed by atoms with Crippen molar-refractivity contribution in [2.75, 3.05) is 0 Å². The van der Waals surface area contributed by atoms with E-state index in [2.05, 4.69) is 20.2 Å². The topological polar surface area (TPSA) is 64.7 Å². The molecule has 4 rings (SSSR count). The van der Waals surface area contributed by atoms with Gasteiger partial charge in [-0.25, -0.2) is 0 Å². The predicted molar refractivity (Wildman–Crippen MR) is 93.8 cm³/mol. The molecule has 3 heterocycles. The van der Waals surface area contributed by atoms with Crippen molar-refractivity contribution in [3.8, 4) is 11.5 Å². The van der Waals surface area contributed by atoms with Crippen LogP contribution >= 0.6 is 23.4 Å². The lowest BCUT2D eigenvalue weighted by Gasteiger charge is -2.05. The van der Waals surface area contributed by atoms with Crippen LogP contribution in [-0.4, -0.2) is 20.2 Å². The zero-order valence-corrected chi connectivity index (χ0v) is 14.0. The summed E-state index contributed by atoms with van der Waals surface area (Å²) in [4.78, 5) is 8.41. The first kappa shape index (κ1) is 15.1. The van der Waals surface area contributed by atoms with Crippen molar-refractivity contribution in [3.63, 3.8) is 0 Å². The van der Waals surface area contributed by atoms with Gasteiger partial charge in [-0.3, -0.25) is 9.97 Å². The second-order valence-electron chi connectivity index (χ2n) is 5.00. The summed E-state index contributed by atoms with van der Waals surface area (Å²) in [6.07, 6.45) is 5.15. The van der Waals surface area contributed by atoms with E-state index in [1.54, 1.807) is 18.6 Å². The standard InChI is InChI=1S/C17H11ClN4OS/c18-14-4-3-12(15-13(14)2-1-7-20-15)10-24-17-22-21-16(23-17)11-5-8-19-9-6-11/h1-9H,10H2. The largest absolute Gasteiger partial charge is 0.411 e. The first-order valence-corrected chi connectivity index (χ1v) is 8.56. The van der Waals surface area contributed by atoms with Crippen LogP contribution in [0.5, 0.6) is 0 Å². The van der Waals surface area contributed by atoms with Crippen LogP contribution in [0.4, 0.5) is 0 Å². The maximum absolute atomic E-state index is 6.22. The smallest absolute Gasteiger partial charge is 0.277 e. The van der Waals surface area contributed by atoms with Gasteiger partial charge >= 0.3 is 0 Å². The van der Waals surface area contributed by atoms with Gasteiger partial charge in [0.25, 0.3) is 5.22 Å². The van der Waals surface area contributed by atoms with E-state index < -0.39 is 0 Å². The average Bonchev–Trinajstić information content (AvgIpc) is 3.11. The summed E-state index contributed by atoms with van der Waals surface area (Å²) in [7, 11) is 0. The van der Waals surface area contributed by atoms with E-state index in [4.69, 9.17) is 16.0 Å². The summed E-state index contributed by atoms with van der Waals surface area (Å²) in [5, 5.41) is 10.3. The number of halogens is 1. The second kappa shape index (κ2) is 6.59. The maximum atomic E-state index is 6.22. The number of pyridine rings is 2. The van der Waals surface area contributed by atoms with Gasteiger partial charge in [0.05, 0.1) is 5.52 Å². The van der Waals surface area contributed by atoms with Crippen LogP contribution in [0.1, 0.15) is 5.56 Å². The molecule has 0 atom stereocenters. The Kier molecular flexibility index (Phi) is 4.15. The Morgan fingerprint density at radius 3 is 2.75 bits per heavy atom. The zero-order chi connectivity index (χ0) is 16.4. The Morgan fingerprint density at radius 1 is 1.00 bits per heavy atom. The molecule has 0 aliphatic carbocycles. The highest BCUT2D eigenvalue weighted by atomic mass is 35.5. The molecular weight excluding hydrogens is 344 g/mol. The van der Waals surface area contributed by atoms with Gasteiger partial charge in [-0.15, -0.1) is 10.2 Å². The number of hydrogen-bond acceptors (Lipinski definition) is 6. The highest BCUT2D eigenvalue weighted by Gasteiger charge is 2.11. The van der Waals surface area contributed by atoms with Gasteiger partial charge in [0.2, 0.25) is 5.89 Å². The van der Waals surface area contributed by atoms with Crippen LogP contribution in [0.3, 0.4) is 0 Å². The van der Waals surface area contributed by atoms with E-state index in [0.29, 0.717) is 21.9 Å². The van der Waals surface area contributed by atoms with E-state index in [0.717, 1.165) is 22.0 Å². The maximum Gasteiger partial charge on any atom is 0.277 e. The quantitative estimate of drug-likeness (QED) is 0.498. The number of hydrogen-bond donors (Lipinski definition) is 0. The monoisotopic (exact) mass is 354 g/mol. The molecule has 118 valence electrons. The molecule has 7 heteroatoms. The SMILES string of the molecule is Clc1ccc(CSc2nnc(-c3ccncc3)o2)c2ncccc12. The van der Waals surface area contributed by atoms with Gasteiger partial charge in [-0.2, -0.15) is 0 Å². The van der Waals surface area contributed by atoms with Crippen LogP contribution in [0.2, 0.25) is 5.02 Å². The lowest BCUT2D eigenvalue weighted by Crippen LogP contribution is -1.88. The fourth-order valence-corrected chi connectivity index (χ4v) is 3.30. The molecule has 0 saturated carbocycles. The molecule has 0 saturated heterocycles. The summed E-state index contributed by atoms with van der Waals surface area (Å²) in [5.41, 5.74) is 2.82. The van der Waals surface area contributed by atoms with Crippen LogP contribution in [0.15, 0.2) is 64.6 Å². The number of rotatable bonds is 4. The minimum absolute atomic E-state index is 0.485. The molecule has 4 aromatic rings. The number of thioether (sulfide) groups is 1. The minimum atomic E-state index is 0.485. The minimum Gasteiger partial charge on any atom is -0.411 e. The summed E-state index contributed by atoms with van der Waals surface area (Å²) in [6.45, 7) is 0. The van der Waals surface area contributed by atoms with Crippen molar-refractivity contribution < 1.29 is 4.42 Å². The molecule has 0 amide bonds. The third kappa shape index (κ3) is 2.98. The first-order valence-electron chi connectivity index (χ1n) is 7.20. The van der Waals surface area contributed by atoms with E-state index >= 15 is 0 Å². The average molecular weight is 355 g/mol. The molecule has 5 nitrogen and oxygen atoms in total. The van der Waals surface area contributed by atoms with E-state index in [-0.39, 0.29) is 0 Å². The van der Waals surface area contributed by atoms with Crippen LogP contribution in [-0.2, 0) is 5.75 Å². The molecule has 3 aromatic heterocycles. The van der Waals surface area contributed by atoms with Crippen LogP contribution < -0.4 is 0 Å². The van der Waals surface area contributed by atoms with Crippen molar-refractivity contribution in [2.45, 2.75) is 11.0 Å². The summed E-state index contributed by atoms with van der Waals surface area (Å²) in [6, 6.07) is 11.4. The van der Waals surface area contributed by atoms with E-state index in [1.807, 2.05) is 36.4 Å². The Balaban J connectivity index is 1.56. The molecule has 0 bridgehead atoms. The van der Waals surface area contributed by atoms with E-state index in [1.165, 1.54) is 11.8 Å². The van der Waals surface area contributed by atoms with Crippen LogP contribution in [0.25, 0.3) is 22.4 Å². The fourth-order valence-electron chi connectivity index (χ4n) is 2.33. The molecular formula is C17H11ClN4OS. The molecule has 0 aliphatic heterocycles. The lowest BCUT2D eigenvalue weighted by atomic mass is 10.1. The van der Waals surface area contributed by atoms with Gasteiger partial charge in [-0.1, -0.05) is 29.4 Å². The number of fused-ring (bicyclic) bond motifs is 1. The number of aromatic nitrogens is 4. The first-order chi connectivity index (χ1) is 11.8. The predicted octanol–water partition coefficient (Wildman–Crippen LogP) is 4.63. The Labute approximate surface area is 147 Å². The van der Waals surface area contributed by atoms with Crippen molar-refractivity contribution in [1.29, 1.82) is 0 Å². The van der Waals surface area contributed by atoms with Gasteiger partial charge in [0, 0.05) is 40.3 Å². The number of nitrogens with zero attached hydrogens (tertiary/aromatic N) is 4. The third-order valence-corrected chi connectivity index (χ3v) is 4.68. The van der Waals surface area contributed by atoms with E-state index in [9.17, 15) is 0 Å².